The summed E-state index contributed by atoms with van der Waals surface area (Å²) in [5.74, 6) is 0.767. The largest absolute Gasteiger partial charge is 0.495 e. The van der Waals surface area contributed by atoms with Gasteiger partial charge in [0.05, 0.1) is 31.3 Å². The molecule has 4 rings (SSSR count). The zero-order valence-electron chi connectivity index (χ0n) is 20.8. The smallest absolute Gasteiger partial charge is 0.260 e. The van der Waals surface area contributed by atoms with E-state index in [1.54, 1.807) is 48.4 Å². The van der Waals surface area contributed by atoms with Crippen molar-refractivity contribution in [3.8, 4) is 11.5 Å². The highest BCUT2D eigenvalue weighted by Crippen LogP contribution is 2.28. The molecule has 1 saturated heterocycles. The van der Waals surface area contributed by atoms with Gasteiger partial charge in [-0.05, 0) is 54.1 Å². The van der Waals surface area contributed by atoms with Gasteiger partial charge in [0, 0.05) is 26.2 Å². The van der Waals surface area contributed by atoms with Crippen molar-refractivity contribution in [2.45, 2.75) is 6.54 Å². The topological polar surface area (TPSA) is 79.4 Å². The van der Waals surface area contributed by atoms with E-state index in [2.05, 4.69) is 4.90 Å². The molecule has 0 atom stereocenters. The van der Waals surface area contributed by atoms with E-state index in [0.717, 1.165) is 17.7 Å². The molecule has 37 heavy (non-hydrogen) atoms. The van der Waals surface area contributed by atoms with Crippen LogP contribution < -0.4 is 18.7 Å². The van der Waals surface area contributed by atoms with Gasteiger partial charge in [-0.15, -0.1) is 0 Å². The van der Waals surface area contributed by atoms with Crippen LogP contribution in [0.5, 0.6) is 11.5 Å². The summed E-state index contributed by atoms with van der Waals surface area (Å²) < 4.78 is 50.3. The number of halogens is 1. The number of anilines is 2. The minimum absolute atomic E-state index is 0.0681. The monoisotopic (exact) mass is 527 g/mol. The van der Waals surface area contributed by atoms with E-state index in [0.29, 0.717) is 43.2 Å². The van der Waals surface area contributed by atoms with Gasteiger partial charge in [0.1, 0.15) is 17.3 Å². The van der Waals surface area contributed by atoms with Gasteiger partial charge in [-0.2, -0.15) is 0 Å². The average molecular weight is 528 g/mol. The first kappa shape index (κ1) is 26.3. The number of rotatable bonds is 9. The fourth-order valence-electron chi connectivity index (χ4n) is 4.19. The number of methoxy groups -OCH3 is 1. The number of piperazine rings is 1. The fraction of sp³-hybridized carbons (Fsp3) is 0.296. The normalized spacial score (nSPS) is 13.8. The first-order valence-corrected chi connectivity index (χ1v) is 13.7. The molecule has 0 saturated carbocycles. The summed E-state index contributed by atoms with van der Waals surface area (Å²) in [7, 11) is -1.94. The van der Waals surface area contributed by atoms with Crippen LogP contribution in [0.4, 0.5) is 15.8 Å². The summed E-state index contributed by atoms with van der Waals surface area (Å²) in [6.07, 6.45) is 1.12. The van der Waals surface area contributed by atoms with Crippen LogP contribution in [0.25, 0.3) is 0 Å². The van der Waals surface area contributed by atoms with E-state index in [1.807, 2.05) is 24.3 Å². The molecule has 0 aromatic heterocycles. The van der Waals surface area contributed by atoms with E-state index in [-0.39, 0.29) is 24.9 Å². The van der Waals surface area contributed by atoms with E-state index in [4.69, 9.17) is 9.47 Å². The SMILES string of the molecule is COc1ccccc1N1CCN(C(=O)COc2ccc(N(Cc3ccc(F)cc3)S(C)(=O)=O)cc2)CC1. The first-order valence-electron chi connectivity index (χ1n) is 11.9. The standard InChI is InChI=1S/C27H30FN3O5S/c1-35-26-6-4-3-5-25(26)29-15-17-30(18-16-29)27(32)20-36-24-13-11-23(12-14-24)31(37(2,33)34)19-21-7-9-22(28)10-8-21/h3-14H,15-20H2,1-2H3. The molecule has 1 amide bonds. The van der Waals surface area contributed by atoms with Crippen LogP contribution >= 0.6 is 0 Å². The molecule has 0 aliphatic carbocycles. The highest BCUT2D eigenvalue weighted by molar-refractivity contribution is 7.92. The zero-order valence-corrected chi connectivity index (χ0v) is 21.7. The molecular formula is C27H30FN3O5S. The van der Waals surface area contributed by atoms with Gasteiger partial charge < -0.3 is 19.3 Å². The molecule has 1 aliphatic heterocycles. The number of amides is 1. The summed E-state index contributed by atoms with van der Waals surface area (Å²) in [6.45, 7) is 2.49. The Balaban J connectivity index is 1.32. The summed E-state index contributed by atoms with van der Waals surface area (Å²) in [5, 5.41) is 0. The summed E-state index contributed by atoms with van der Waals surface area (Å²) in [5.41, 5.74) is 2.11. The van der Waals surface area contributed by atoms with Crippen LogP contribution in [0.1, 0.15) is 5.56 Å². The molecule has 196 valence electrons. The second-order valence-electron chi connectivity index (χ2n) is 8.72. The predicted octanol–water partition coefficient (Wildman–Crippen LogP) is 3.53. The second kappa shape index (κ2) is 11.5. The van der Waals surface area contributed by atoms with Crippen molar-refractivity contribution in [2.75, 3.05) is 55.4 Å². The lowest BCUT2D eigenvalue weighted by atomic mass is 10.2. The minimum Gasteiger partial charge on any atom is -0.495 e. The quantitative estimate of drug-likeness (QED) is 0.424. The molecule has 3 aromatic carbocycles. The van der Waals surface area contributed by atoms with E-state index in [1.165, 1.54) is 16.4 Å². The molecule has 1 aliphatic rings. The van der Waals surface area contributed by atoms with E-state index < -0.39 is 10.0 Å². The molecule has 0 radical (unpaired) electrons. The number of sulfonamides is 1. The summed E-state index contributed by atoms with van der Waals surface area (Å²) >= 11 is 0. The predicted molar refractivity (Wildman–Crippen MR) is 141 cm³/mol. The van der Waals surface area contributed by atoms with Gasteiger partial charge in [-0.3, -0.25) is 9.10 Å². The maximum absolute atomic E-state index is 13.2. The van der Waals surface area contributed by atoms with Crippen LogP contribution in [-0.4, -0.2) is 65.4 Å². The maximum Gasteiger partial charge on any atom is 0.260 e. The van der Waals surface area contributed by atoms with Gasteiger partial charge in [-0.25, -0.2) is 12.8 Å². The number of nitrogens with zero attached hydrogens (tertiary/aromatic N) is 3. The Hall–Kier alpha value is -3.79. The highest BCUT2D eigenvalue weighted by Gasteiger charge is 2.23. The molecular weight excluding hydrogens is 497 g/mol. The zero-order chi connectivity index (χ0) is 26.4. The Labute approximate surface area is 216 Å². The van der Waals surface area contributed by atoms with Gasteiger partial charge in [0.15, 0.2) is 6.61 Å². The van der Waals surface area contributed by atoms with Crippen LogP contribution in [0.15, 0.2) is 72.8 Å². The number of ether oxygens (including phenoxy) is 2. The van der Waals surface area contributed by atoms with E-state index in [9.17, 15) is 17.6 Å². The molecule has 0 bridgehead atoms. The fourth-order valence-corrected chi connectivity index (χ4v) is 5.08. The Bertz CT molecular complexity index is 1310. The van der Waals surface area contributed by atoms with Crippen molar-refractivity contribution in [3.63, 3.8) is 0 Å². The number of carbonyl (C=O) groups excluding carboxylic acids is 1. The molecule has 0 N–H and O–H groups in total. The number of hydrogen-bond donors (Lipinski definition) is 0. The Morgan fingerprint density at radius 1 is 0.946 bits per heavy atom. The number of para-hydroxylation sites is 2. The first-order chi connectivity index (χ1) is 17.7. The maximum atomic E-state index is 13.2. The molecule has 1 heterocycles. The Morgan fingerprint density at radius 2 is 1.59 bits per heavy atom. The van der Waals surface area contributed by atoms with Gasteiger partial charge >= 0.3 is 0 Å². The lowest BCUT2D eigenvalue weighted by Gasteiger charge is -2.36. The van der Waals surface area contributed by atoms with Crippen LogP contribution in [-0.2, 0) is 21.4 Å². The minimum atomic E-state index is -3.58. The van der Waals surface area contributed by atoms with Crippen molar-refractivity contribution >= 4 is 27.3 Å². The van der Waals surface area contributed by atoms with Crippen molar-refractivity contribution in [3.05, 3.63) is 84.2 Å². The second-order valence-corrected chi connectivity index (χ2v) is 10.6. The lowest BCUT2D eigenvalue weighted by molar-refractivity contribution is -0.133. The Kier molecular flexibility index (Phi) is 8.17. The van der Waals surface area contributed by atoms with Crippen molar-refractivity contribution in [1.82, 2.24) is 4.90 Å². The van der Waals surface area contributed by atoms with Gasteiger partial charge in [0.25, 0.3) is 5.91 Å². The van der Waals surface area contributed by atoms with Crippen LogP contribution in [0, 0.1) is 5.82 Å². The molecule has 0 spiro atoms. The van der Waals surface area contributed by atoms with Crippen LogP contribution in [0.2, 0.25) is 0 Å². The van der Waals surface area contributed by atoms with Gasteiger partial charge in [-0.1, -0.05) is 24.3 Å². The third-order valence-electron chi connectivity index (χ3n) is 6.19. The number of benzene rings is 3. The van der Waals surface area contributed by atoms with E-state index >= 15 is 0 Å². The molecule has 8 nitrogen and oxygen atoms in total. The van der Waals surface area contributed by atoms with Crippen molar-refractivity contribution in [2.24, 2.45) is 0 Å². The summed E-state index contributed by atoms with van der Waals surface area (Å²) in [4.78, 5) is 16.7. The number of carbonyl (C=O) groups is 1. The van der Waals surface area contributed by atoms with Gasteiger partial charge in [0.2, 0.25) is 10.0 Å². The van der Waals surface area contributed by atoms with Crippen molar-refractivity contribution < 1.29 is 27.1 Å². The van der Waals surface area contributed by atoms with Crippen LogP contribution in [0.3, 0.4) is 0 Å². The third-order valence-corrected chi connectivity index (χ3v) is 7.33. The highest BCUT2D eigenvalue weighted by atomic mass is 32.2. The molecule has 3 aromatic rings. The molecule has 1 fully saturated rings. The average Bonchev–Trinajstić information content (AvgIpc) is 2.91. The third kappa shape index (κ3) is 6.71. The molecule has 10 heteroatoms. The molecule has 0 unspecified atom stereocenters. The van der Waals surface area contributed by atoms with Crippen molar-refractivity contribution in [1.29, 1.82) is 0 Å². The summed E-state index contributed by atoms with van der Waals surface area (Å²) in [6, 6.07) is 20.0. The number of hydrogen-bond acceptors (Lipinski definition) is 6. The Morgan fingerprint density at radius 3 is 2.22 bits per heavy atom. The lowest BCUT2D eigenvalue weighted by Crippen LogP contribution is -2.50.